The fourth-order valence-corrected chi connectivity index (χ4v) is 0.705. The highest BCUT2D eigenvalue weighted by Gasteiger charge is 2.20. The molecule has 0 aromatic rings. The van der Waals surface area contributed by atoms with Crippen LogP contribution >= 0.6 is 45.2 Å². The molecule has 9 heavy (non-hydrogen) atoms. The molecule has 0 saturated carbocycles. The predicted molar refractivity (Wildman–Crippen MR) is 50.5 cm³/mol. The van der Waals surface area contributed by atoms with E-state index in [1.54, 1.807) is 6.29 Å². The van der Waals surface area contributed by atoms with E-state index in [-0.39, 0.29) is 0 Å². The zero-order valence-corrected chi connectivity index (χ0v) is 8.62. The molecule has 0 saturated heterocycles. The normalized spacial score (nSPS) is 16.2. The van der Waals surface area contributed by atoms with Gasteiger partial charge in [0.2, 0.25) is 12.2 Å². The third-order valence-corrected chi connectivity index (χ3v) is 4.32. The van der Waals surface area contributed by atoms with Gasteiger partial charge in [-0.25, -0.2) is 0 Å². The fraction of sp³-hybridized carbons (Fsp3) is 0.500. The number of carbonyl (C=O) groups excluding carboxylic acids is 2. The average Bonchev–Trinajstić information content (AvgIpc) is 1.84. The Bertz CT molecular complexity index is 128. The summed E-state index contributed by atoms with van der Waals surface area (Å²) in [6, 6.07) is 0. The number of hydrogen-bond acceptors (Lipinski definition) is 2. The molecule has 0 heterocycles. The van der Waals surface area contributed by atoms with Crippen molar-refractivity contribution < 1.29 is 9.59 Å². The third-order valence-electron chi connectivity index (χ3n) is 0.641. The first-order valence-corrected chi connectivity index (χ1v) is 4.54. The molecule has 0 aliphatic heterocycles. The lowest BCUT2D eigenvalue weighted by atomic mass is 10.3. The molecule has 5 heteroatoms. The van der Waals surface area contributed by atoms with Crippen LogP contribution in [0, 0.1) is 0 Å². The van der Waals surface area contributed by atoms with E-state index in [9.17, 15) is 9.59 Å². The van der Waals surface area contributed by atoms with Crippen LogP contribution in [0.3, 0.4) is 0 Å². The van der Waals surface area contributed by atoms with E-state index >= 15 is 0 Å². The number of halogens is 2. The number of rotatable bonds is 3. The van der Waals surface area contributed by atoms with Crippen molar-refractivity contribution >= 4 is 57.4 Å². The van der Waals surface area contributed by atoms with Gasteiger partial charge in [-0.1, -0.05) is 45.2 Å². The van der Waals surface area contributed by atoms with Crippen LogP contribution in [0.15, 0.2) is 0 Å². The number of hydrogen-bond donors (Lipinski definition) is 1. The molecule has 2 N–H and O–H groups in total. The molecule has 51 valence electrons. The van der Waals surface area contributed by atoms with Crippen LogP contribution in [0.1, 0.15) is 0 Å². The number of carbonyl (C=O) groups is 1. The molecule has 2 atom stereocenters. The summed E-state index contributed by atoms with van der Waals surface area (Å²) in [6.07, 6.45) is 1.67. The number of primary amides is 1. The Hall–Kier alpha value is 0.600. The standard InChI is InChI=1S/C4H4I2NO2/c5-2(1-8)3(6)4(7)9/h2-3H,(H2,7,9). The van der Waals surface area contributed by atoms with Gasteiger partial charge in [-0.3, -0.25) is 9.59 Å². The second-order valence-electron chi connectivity index (χ2n) is 1.32. The summed E-state index contributed by atoms with van der Waals surface area (Å²) in [5.41, 5.74) is 4.88. The summed E-state index contributed by atoms with van der Waals surface area (Å²) in [5, 5.41) is 0. The van der Waals surface area contributed by atoms with Gasteiger partial charge in [-0.05, 0) is 0 Å². The van der Waals surface area contributed by atoms with Crippen molar-refractivity contribution in [2.24, 2.45) is 5.73 Å². The molecule has 3 nitrogen and oxygen atoms in total. The van der Waals surface area contributed by atoms with Crippen molar-refractivity contribution in [1.82, 2.24) is 0 Å². The van der Waals surface area contributed by atoms with Crippen LogP contribution in [0.2, 0.25) is 0 Å². The van der Waals surface area contributed by atoms with Crippen molar-refractivity contribution in [3.63, 3.8) is 0 Å². The Labute approximate surface area is 80.0 Å². The first-order valence-electron chi connectivity index (χ1n) is 2.04. The van der Waals surface area contributed by atoms with Crippen molar-refractivity contribution in [3.05, 3.63) is 0 Å². The van der Waals surface area contributed by atoms with Gasteiger partial charge in [-0.2, -0.15) is 0 Å². The smallest absolute Gasteiger partial charge is 0.231 e. The quantitative estimate of drug-likeness (QED) is 0.583. The highest BCUT2D eigenvalue weighted by Crippen LogP contribution is 2.12. The van der Waals surface area contributed by atoms with Crippen LogP contribution in [-0.4, -0.2) is 20.0 Å². The van der Waals surface area contributed by atoms with Crippen LogP contribution in [0.25, 0.3) is 0 Å². The summed E-state index contributed by atoms with van der Waals surface area (Å²) in [6.45, 7) is 0. The lowest BCUT2D eigenvalue weighted by Gasteiger charge is -2.03. The van der Waals surface area contributed by atoms with E-state index in [0.717, 1.165) is 0 Å². The molecular weight excluding hydrogens is 348 g/mol. The van der Waals surface area contributed by atoms with Gasteiger partial charge in [0.25, 0.3) is 0 Å². The Morgan fingerprint density at radius 3 is 2.11 bits per heavy atom. The van der Waals surface area contributed by atoms with E-state index < -0.39 is 13.8 Å². The van der Waals surface area contributed by atoms with Gasteiger partial charge in [-0.15, -0.1) is 0 Å². The van der Waals surface area contributed by atoms with Crippen molar-refractivity contribution in [2.75, 3.05) is 0 Å². The predicted octanol–water partition coefficient (Wildman–Crippen LogP) is 0.189. The van der Waals surface area contributed by atoms with E-state index in [2.05, 4.69) is 0 Å². The SMILES string of the molecule is NC(=O)C(I)C(I)[C]=O. The molecule has 0 aliphatic carbocycles. The lowest BCUT2D eigenvalue weighted by molar-refractivity contribution is -0.116. The van der Waals surface area contributed by atoms with E-state index in [1.807, 2.05) is 45.2 Å². The zero-order chi connectivity index (χ0) is 7.44. The first kappa shape index (κ1) is 9.60. The van der Waals surface area contributed by atoms with Gasteiger partial charge in [0.15, 0.2) is 0 Å². The molecule has 0 aromatic heterocycles. The molecule has 1 amide bonds. The van der Waals surface area contributed by atoms with E-state index in [1.165, 1.54) is 0 Å². The molecule has 1 radical (unpaired) electrons. The van der Waals surface area contributed by atoms with Crippen molar-refractivity contribution in [1.29, 1.82) is 0 Å². The van der Waals surface area contributed by atoms with Gasteiger partial charge in [0, 0.05) is 0 Å². The van der Waals surface area contributed by atoms with Gasteiger partial charge >= 0.3 is 0 Å². The van der Waals surface area contributed by atoms with Crippen molar-refractivity contribution in [3.8, 4) is 0 Å². The minimum absolute atomic E-state index is 0.430. The number of nitrogens with two attached hydrogens (primary N) is 1. The molecule has 2 unspecified atom stereocenters. The summed E-state index contributed by atoms with van der Waals surface area (Å²) >= 11 is 3.63. The Kier molecular flexibility index (Phi) is 4.72. The summed E-state index contributed by atoms with van der Waals surface area (Å²) in [7, 11) is 0. The van der Waals surface area contributed by atoms with Crippen LogP contribution < -0.4 is 5.73 Å². The van der Waals surface area contributed by atoms with Gasteiger partial charge in [0.1, 0.15) is 3.92 Å². The monoisotopic (exact) mass is 352 g/mol. The second-order valence-corrected chi connectivity index (χ2v) is 4.01. The molecule has 0 spiro atoms. The summed E-state index contributed by atoms with van der Waals surface area (Å²) < 4.78 is -0.874. The third kappa shape index (κ3) is 3.33. The average molecular weight is 352 g/mol. The Balaban J connectivity index is 3.86. The summed E-state index contributed by atoms with van der Waals surface area (Å²) in [4.78, 5) is 20.2. The largest absolute Gasteiger partial charge is 0.369 e. The molecular formula is C4H4I2NO2. The maximum absolute atomic E-state index is 10.3. The molecule has 0 aromatic carbocycles. The van der Waals surface area contributed by atoms with E-state index in [4.69, 9.17) is 5.73 Å². The maximum Gasteiger partial charge on any atom is 0.231 e. The van der Waals surface area contributed by atoms with Gasteiger partial charge in [0.05, 0.1) is 3.92 Å². The molecule has 0 bridgehead atoms. The van der Waals surface area contributed by atoms with Crippen LogP contribution in [0.5, 0.6) is 0 Å². The molecule has 0 rings (SSSR count). The Morgan fingerprint density at radius 1 is 1.56 bits per heavy atom. The van der Waals surface area contributed by atoms with E-state index in [0.29, 0.717) is 0 Å². The van der Waals surface area contributed by atoms with Crippen LogP contribution in [-0.2, 0) is 9.59 Å². The fourth-order valence-electron chi connectivity index (χ4n) is 0.204. The highest BCUT2D eigenvalue weighted by atomic mass is 127. The first-order chi connectivity index (χ1) is 4.09. The summed E-state index contributed by atoms with van der Waals surface area (Å²) in [5.74, 6) is -0.474. The zero-order valence-electron chi connectivity index (χ0n) is 4.30. The highest BCUT2D eigenvalue weighted by molar-refractivity contribution is 14.1. The van der Waals surface area contributed by atoms with Crippen LogP contribution in [0.4, 0.5) is 0 Å². The second kappa shape index (κ2) is 4.42. The molecule has 0 aliphatic rings. The lowest BCUT2D eigenvalue weighted by Crippen LogP contribution is -2.31. The minimum atomic E-state index is -0.474. The number of amides is 1. The number of alkyl halides is 2. The van der Waals surface area contributed by atoms with Gasteiger partial charge < -0.3 is 5.73 Å². The maximum atomic E-state index is 10.3. The van der Waals surface area contributed by atoms with Crippen molar-refractivity contribution in [2.45, 2.75) is 7.85 Å². The minimum Gasteiger partial charge on any atom is -0.369 e. The molecule has 0 fully saturated rings. The topological polar surface area (TPSA) is 60.2 Å². The Morgan fingerprint density at radius 2 is 2.00 bits per heavy atom.